The maximum Gasteiger partial charge on any atom is 0.289 e. The van der Waals surface area contributed by atoms with Crippen LogP contribution in [0.25, 0.3) is 0 Å². The van der Waals surface area contributed by atoms with Crippen LogP contribution in [0, 0.1) is 13.8 Å². The Hall–Kier alpha value is -1.36. The number of nitrogens with zero attached hydrogens (tertiary/aromatic N) is 1. The highest BCUT2D eigenvalue weighted by atomic mass is 16.4. The molecular weight excluding hydrogens is 196 g/mol. The van der Waals surface area contributed by atoms with Crippen LogP contribution >= 0.6 is 0 Å². The van der Waals surface area contributed by atoms with Crippen LogP contribution in [0.2, 0.25) is 0 Å². The van der Waals surface area contributed by atoms with Crippen LogP contribution in [-0.4, -0.2) is 28.1 Å². The molecular formula is C10H14N2O3. The van der Waals surface area contributed by atoms with E-state index in [-0.39, 0.29) is 18.3 Å². The molecule has 0 radical (unpaired) electrons. The second kappa shape index (κ2) is 3.34. The fraction of sp³-hybridized carbons (Fsp3) is 0.600. The highest BCUT2D eigenvalue weighted by Gasteiger charge is 2.44. The molecule has 1 heterocycles. The average molecular weight is 210 g/mol. The fourth-order valence-electron chi connectivity index (χ4n) is 1.51. The first kappa shape index (κ1) is 10.2. The lowest BCUT2D eigenvalue weighted by atomic mass is 10.2. The zero-order valence-corrected chi connectivity index (χ0v) is 8.83. The normalized spacial score (nSPS) is 17.5. The molecule has 0 unspecified atom stereocenters. The van der Waals surface area contributed by atoms with Crippen molar-refractivity contribution in [2.45, 2.75) is 32.2 Å². The Balaban J connectivity index is 2.11. The minimum Gasteiger partial charge on any atom is -0.436 e. The van der Waals surface area contributed by atoms with Crippen molar-refractivity contribution in [3.05, 3.63) is 17.3 Å². The third kappa shape index (κ3) is 1.87. The fourth-order valence-corrected chi connectivity index (χ4v) is 1.51. The summed E-state index contributed by atoms with van der Waals surface area (Å²) in [5.74, 6) is 0.429. The van der Waals surface area contributed by atoms with Gasteiger partial charge in [0.1, 0.15) is 0 Å². The van der Waals surface area contributed by atoms with Gasteiger partial charge in [-0.1, -0.05) is 0 Å². The summed E-state index contributed by atoms with van der Waals surface area (Å²) in [7, 11) is 0. The van der Waals surface area contributed by atoms with E-state index in [1.165, 1.54) is 0 Å². The Morgan fingerprint density at radius 1 is 1.60 bits per heavy atom. The van der Waals surface area contributed by atoms with E-state index in [2.05, 4.69) is 10.3 Å². The van der Waals surface area contributed by atoms with Crippen molar-refractivity contribution in [1.29, 1.82) is 0 Å². The Labute approximate surface area is 87.5 Å². The van der Waals surface area contributed by atoms with Crippen LogP contribution < -0.4 is 5.32 Å². The minimum absolute atomic E-state index is 0.0229. The number of hydrogen-bond acceptors (Lipinski definition) is 4. The molecule has 0 aromatic carbocycles. The molecule has 1 saturated carbocycles. The Kier molecular flexibility index (Phi) is 2.26. The van der Waals surface area contributed by atoms with E-state index in [1.807, 2.05) is 0 Å². The van der Waals surface area contributed by atoms with Crippen LogP contribution in [0.15, 0.2) is 4.42 Å². The van der Waals surface area contributed by atoms with E-state index in [9.17, 15) is 4.79 Å². The lowest BCUT2D eigenvalue weighted by molar-refractivity contribution is 0.0876. The second-order valence-electron chi connectivity index (χ2n) is 4.04. The lowest BCUT2D eigenvalue weighted by Gasteiger charge is -2.12. The number of carbonyl (C=O) groups is 1. The highest BCUT2D eigenvalue weighted by molar-refractivity contribution is 5.93. The summed E-state index contributed by atoms with van der Waals surface area (Å²) in [6, 6.07) is 0. The van der Waals surface area contributed by atoms with Gasteiger partial charge in [0.2, 0.25) is 5.76 Å². The van der Waals surface area contributed by atoms with Gasteiger partial charge in [0.15, 0.2) is 5.89 Å². The van der Waals surface area contributed by atoms with Crippen molar-refractivity contribution in [2.24, 2.45) is 0 Å². The maximum absolute atomic E-state index is 11.7. The van der Waals surface area contributed by atoms with Crippen molar-refractivity contribution in [3.8, 4) is 0 Å². The summed E-state index contributed by atoms with van der Waals surface area (Å²) >= 11 is 0. The average Bonchev–Trinajstić information content (AvgIpc) is 2.86. The maximum atomic E-state index is 11.7. The quantitative estimate of drug-likeness (QED) is 0.763. The third-order valence-electron chi connectivity index (χ3n) is 2.64. The molecule has 1 amide bonds. The van der Waals surface area contributed by atoms with Gasteiger partial charge in [0.05, 0.1) is 17.8 Å². The van der Waals surface area contributed by atoms with Crippen molar-refractivity contribution in [1.82, 2.24) is 10.3 Å². The Morgan fingerprint density at radius 3 is 2.67 bits per heavy atom. The zero-order chi connectivity index (χ0) is 11.1. The minimum atomic E-state index is -0.412. The van der Waals surface area contributed by atoms with E-state index >= 15 is 0 Å². The Morgan fingerprint density at radius 2 is 2.27 bits per heavy atom. The van der Waals surface area contributed by atoms with Gasteiger partial charge < -0.3 is 14.8 Å². The summed E-state index contributed by atoms with van der Waals surface area (Å²) in [6.07, 6.45) is 1.64. The topological polar surface area (TPSA) is 75.4 Å². The predicted octanol–water partition coefficient (Wildman–Crippen LogP) is 0.546. The van der Waals surface area contributed by atoms with Gasteiger partial charge in [-0.15, -0.1) is 0 Å². The van der Waals surface area contributed by atoms with Crippen molar-refractivity contribution < 1.29 is 14.3 Å². The van der Waals surface area contributed by atoms with E-state index in [0.29, 0.717) is 11.6 Å². The number of aryl methyl sites for hydroxylation is 2. The molecule has 82 valence electrons. The summed E-state index contributed by atoms with van der Waals surface area (Å²) in [5.41, 5.74) is 0.170. The molecule has 1 aliphatic carbocycles. The molecule has 1 aromatic heterocycles. The highest BCUT2D eigenvalue weighted by Crippen LogP contribution is 2.34. The van der Waals surface area contributed by atoms with E-state index in [1.54, 1.807) is 13.8 Å². The van der Waals surface area contributed by atoms with Gasteiger partial charge in [-0.25, -0.2) is 4.98 Å². The number of aliphatic hydroxyl groups is 1. The number of aromatic nitrogens is 1. The molecule has 1 aliphatic rings. The number of oxazole rings is 1. The summed E-state index contributed by atoms with van der Waals surface area (Å²) in [5, 5.41) is 11.8. The van der Waals surface area contributed by atoms with Crippen LogP contribution in [0.1, 0.15) is 35.0 Å². The number of nitrogens with one attached hydrogen (secondary N) is 1. The van der Waals surface area contributed by atoms with E-state index < -0.39 is 5.54 Å². The summed E-state index contributed by atoms with van der Waals surface area (Å²) in [4.78, 5) is 15.8. The largest absolute Gasteiger partial charge is 0.436 e. The van der Waals surface area contributed by atoms with Crippen LogP contribution in [0.3, 0.4) is 0 Å². The molecule has 0 atom stereocenters. The summed E-state index contributed by atoms with van der Waals surface area (Å²) < 4.78 is 5.19. The molecule has 2 N–H and O–H groups in total. The number of amides is 1. The molecule has 0 spiro atoms. The molecule has 1 fully saturated rings. The van der Waals surface area contributed by atoms with Crippen molar-refractivity contribution >= 4 is 5.91 Å². The molecule has 0 saturated heterocycles. The standard InChI is InChI=1S/C10H14N2O3/c1-6-8(15-7(2)11-6)9(14)12-10(5-13)3-4-10/h13H,3-5H2,1-2H3,(H,12,14). The van der Waals surface area contributed by atoms with Crippen molar-refractivity contribution in [2.75, 3.05) is 6.61 Å². The van der Waals surface area contributed by atoms with Crippen LogP contribution in [-0.2, 0) is 0 Å². The van der Waals surface area contributed by atoms with Crippen LogP contribution in [0.4, 0.5) is 0 Å². The predicted molar refractivity (Wildman–Crippen MR) is 52.5 cm³/mol. The first-order valence-corrected chi connectivity index (χ1v) is 4.94. The number of aliphatic hydroxyl groups excluding tert-OH is 1. The first-order valence-electron chi connectivity index (χ1n) is 4.94. The molecule has 5 heteroatoms. The van der Waals surface area contributed by atoms with Gasteiger partial charge in [-0.05, 0) is 19.8 Å². The third-order valence-corrected chi connectivity index (χ3v) is 2.64. The van der Waals surface area contributed by atoms with Gasteiger partial charge in [0.25, 0.3) is 5.91 Å². The van der Waals surface area contributed by atoms with Crippen LogP contribution in [0.5, 0.6) is 0 Å². The van der Waals surface area contributed by atoms with E-state index in [0.717, 1.165) is 12.8 Å². The first-order chi connectivity index (χ1) is 7.06. The molecule has 0 bridgehead atoms. The Bertz CT molecular complexity index is 393. The molecule has 15 heavy (non-hydrogen) atoms. The van der Waals surface area contributed by atoms with Gasteiger partial charge in [0, 0.05) is 6.92 Å². The van der Waals surface area contributed by atoms with Gasteiger partial charge in [-0.2, -0.15) is 0 Å². The van der Waals surface area contributed by atoms with E-state index in [4.69, 9.17) is 9.52 Å². The van der Waals surface area contributed by atoms with Gasteiger partial charge >= 0.3 is 0 Å². The smallest absolute Gasteiger partial charge is 0.289 e. The number of rotatable bonds is 3. The lowest BCUT2D eigenvalue weighted by Crippen LogP contribution is -2.39. The van der Waals surface area contributed by atoms with Crippen molar-refractivity contribution in [3.63, 3.8) is 0 Å². The molecule has 5 nitrogen and oxygen atoms in total. The molecule has 0 aliphatic heterocycles. The SMILES string of the molecule is Cc1nc(C)c(C(=O)NC2(CO)CC2)o1. The number of hydrogen-bond donors (Lipinski definition) is 2. The van der Waals surface area contributed by atoms with Gasteiger partial charge in [-0.3, -0.25) is 4.79 Å². The second-order valence-corrected chi connectivity index (χ2v) is 4.04. The zero-order valence-electron chi connectivity index (χ0n) is 8.83. The molecule has 2 rings (SSSR count). The molecule has 1 aromatic rings. The monoisotopic (exact) mass is 210 g/mol. The number of carbonyl (C=O) groups excluding carboxylic acids is 1. The summed E-state index contributed by atoms with van der Waals surface area (Å²) in [6.45, 7) is 3.40.